The lowest BCUT2D eigenvalue weighted by Gasteiger charge is -2.33. The predicted octanol–water partition coefficient (Wildman–Crippen LogP) is 1.40. The number of aliphatic carboxylic acids is 4. The molecule has 0 radical (unpaired) electrons. The van der Waals surface area contributed by atoms with Crippen LogP contribution in [-0.2, 0) is 76.3 Å². The van der Waals surface area contributed by atoms with Crippen LogP contribution in [0.25, 0.3) is 0 Å². The van der Waals surface area contributed by atoms with Crippen LogP contribution in [-0.4, -0.2) is 173 Å². The van der Waals surface area contributed by atoms with Gasteiger partial charge in [-0.3, -0.25) is 38.4 Å². The Kier molecular flexibility index (Phi) is 33.1. The maximum Gasteiger partial charge on any atom is 0.303 e. The lowest BCUT2D eigenvalue weighted by atomic mass is 9.92. The highest BCUT2D eigenvalue weighted by molar-refractivity contribution is 5.81. The summed E-state index contributed by atoms with van der Waals surface area (Å²) in [7, 11) is 0. The van der Waals surface area contributed by atoms with E-state index < -0.39 is 29.3 Å². The van der Waals surface area contributed by atoms with E-state index in [1.54, 1.807) is 0 Å². The van der Waals surface area contributed by atoms with Crippen molar-refractivity contribution in [1.82, 2.24) is 0 Å². The van der Waals surface area contributed by atoms with Gasteiger partial charge in [0.1, 0.15) is 26.4 Å². The second-order valence-electron chi connectivity index (χ2n) is 13.1. The maximum atomic E-state index is 12.0. The van der Waals surface area contributed by atoms with Crippen molar-refractivity contribution in [3.8, 4) is 0 Å². The highest BCUT2D eigenvalue weighted by Gasteiger charge is 2.33. The lowest BCUT2D eigenvalue weighted by Crippen LogP contribution is -2.43. The van der Waals surface area contributed by atoms with Gasteiger partial charge in [-0.1, -0.05) is 0 Å². The molecule has 0 aliphatic heterocycles. The fraction of sp³-hybridized carbons (Fsp3) is 0.784. The van der Waals surface area contributed by atoms with E-state index in [0.29, 0.717) is 0 Å². The van der Waals surface area contributed by atoms with Gasteiger partial charge in [-0.2, -0.15) is 0 Å². The number of carbonyl (C=O) groups excluding carboxylic acids is 4. The molecule has 0 aliphatic carbocycles. The van der Waals surface area contributed by atoms with Gasteiger partial charge in [0.25, 0.3) is 0 Å². The fourth-order valence-corrected chi connectivity index (χ4v) is 4.66. The SMILES string of the molecule is O=C(O)CCCC(=O)COCCOCC(COCCOCC(=O)CCCC(=O)O)(COCCOCC(=O)CCCC(=O)O)COCCOCC(=O)CCCC(=O)O. The van der Waals surface area contributed by atoms with Gasteiger partial charge in [0.05, 0.1) is 84.7 Å². The fourth-order valence-electron chi connectivity index (χ4n) is 4.66. The molecule has 328 valence electrons. The molecule has 0 saturated carbocycles. The first kappa shape index (κ1) is 53.2. The first-order valence-corrected chi connectivity index (χ1v) is 18.8. The molecule has 57 heavy (non-hydrogen) atoms. The molecule has 0 bridgehead atoms. The standard InChI is InChI=1S/C37H60O20/c38-29(5-1-9-33(42)43)21-50-13-17-54-25-37(26-55-18-14-51-22-30(39)6-2-10-34(44)45,27-56-19-15-52-23-31(40)7-3-11-35(46)47)28-57-20-16-53-24-32(41)8-4-12-36(48)49/h1-28H2,(H,42,43)(H,44,45)(H,46,47)(H,48,49). The topological polar surface area (TPSA) is 291 Å². The zero-order valence-corrected chi connectivity index (χ0v) is 32.6. The van der Waals surface area contributed by atoms with E-state index in [0.717, 1.165) is 0 Å². The van der Waals surface area contributed by atoms with Crippen LogP contribution in [0.5, 0.6) is 0 Å². The van der Waals surface area contributed by atoms with Gasteiger partial charge in [-0.05, 0) is 25.7 Å². The summed E-state index contributed by atoms with van der Waals surface area (Å²) in [4.78, 5) is 90.5. The minimum Gasteiger partial charge on any atom is -0.481 e. The Labute approximate surface area is 331 Å². The van der Waals surface area contributed by atoms with Gasteiger partial charge < -0.3 is 58.3 Å². The number of rotatable bonds is 44. The highest BCUT2D eigenvalue weighted by Crippen LogP contribution is 2.21. The van der Waals surface area contributed by atoms with Crippen molar-refractivity contribution < 1.29 is 96.7 Å². The maximum absolute atomic E-state index is 12.0. The van der Waals surface area contributed by atoms with Crippen LogP contribution < -0.4 is 0 Å². The number of hydrogen-bond acceptors (Lipinski definition) is 16. The first-order chi connectivity index (χ1) is 27.2. The van der Waals surface area contributed by atoms with Gasteiger partial charge in [0.2, 0.25) is 0 Å². The zero-order chi connectivity index (χ0) is 42.6. The van der Waals surface area contributed by atoms with Crippen LogP contribution in [0.2, 0.25) is 0 Å². The van der Waals surface area contributed by atoms with Gasteiger partial charge in [-0.15, -0.1) is 0 Å². The quantitative estimate of drug-likeness (QED) is 0.0631. The van der Waals surface area contributed by atoms with E-state index in [-0.39, 0.29) is 206 Å². The van der Waals surface area contributed by atoms with Crippen LogP contribution in [0.1, 0.15) is 77.0 Å². The minimum atomic E-state index is -0.995. The summed E-state index contributed by atoms with van der Waals surface area (Å²) in [5.74, 6) is -4.99. The second kappa shape index (κ2) is 35.4. The molecule has 20 nitrogen and oxygen atoms in total. The van der Waals surface area contributed by atoms with E-state index in [2.05, 4.69) is 0 Å². The molecular weight excluding hydrogens is 764 g/mol. The summed E-state index contributed by atoms with van der Waals surface area (Å²) in [6, 6.07) is 0. The van der Waals surface area contributed by atoms with Crippen molar-refractivity contribution in [3.05, 3.63) is 0 Å². The average Bonchev–Trinajstić information content (AvgIpc) is 3.13. The normalized spacial score (nSPS) is 11.4. The van der Waals surface area contributed by atoms with Crippen molar-refractivity contribution in [1.29, 1.82) is 0 Å². The minimum absolute atomic E-state index is 0.00230. The van der Waals surface area contributed by atoms with Crippen molar-refractivity contribution in [3.63, 3.8) is 0 Å². The highest BCUT2D eigenvalue weighted by atomic mass is 16.6. The molecule has 0 amide bonds. The van der Waals surface area contributed by atoms with Crippen LogP contribution >= 0.6 is 0 Å². The third kappa shape index (κ3) is 36.3. The molecule has 0 fully saturated rings. The van der Waals surface area contributed by atoms with Gasteiger partial charge in [0, 0.05) is 51.4 Å². The molecule has 0 aliphatic rings. The number of carbonyl (C=O) groups is 8. The number of carboxylic acid groups (broad SMARTS) is 4. The Morgan fingerprint density at radius 1 is 0.298 bits per heavy atom. The van der Waals surface area contributed by atoms with Crippen molar-refractivity contribution in [2.45, 2.75) is 77.0 Å². The number of carboxylic acids is 4. The van der Waals surface area contributed by atoms with Crippen LogP contribution in [0.4, 0.5) is 0 Å². The number of ether oxygens (including phenoxy) is 8. The molecule has 0 rings (SSSR count). The molecular formula is C37H60O20. The van der Waals surface area contributed by atoms with Crippen molar-refractivity contribution >= 4 is 47.0 Å². The summed E-state index contributed by atoms with van der Waals surface area (Å²) < 4.78 is 45.0. The Balaban J connectivity index is 5.30. The summed E-state index contributed by atoms with van der Waals surface area (Å²) >= 11 is 0. The Morgan fingerprint density at radius 3 is 0.684 bits per heavy atom. The average molecular weight is 825 g/mol. The number of Topliss-reactive ketones (excluding diaryl/α,β-unsaturated/α-hetero) is 4. The Hall–Kier alpha value is -3.76. The third-order valence-corrected chi connectivity index (χ3v) is 7.56. The zero-order valence-electron chi connectivity index (χ0n) is 32.6. The van der Waals surface area contributed by atoms with E-state index in [1.165, 1.54) is 0 Å². The van der Waals surface area contributed by atoms with E-state index in [1.807, 2.05) is 0 Å². The molecule has 0 saturated heterocycles. The third-order valence-electron chi connectivity index (χ3n) is 7.56. The van der Waals surface area contributed by atoms with Crippen LogP contribution in [0.3, 0.4) is 0 Å². The van der Waals surface area contributed by atoms with E-state index in [9.17, 15) is 38.4 Å². The molecule has 0 aromatic carbocycles. The number of ketones is 4. The first-order valence-electron chi connectivity index (χ1n) is 18.8. The van der Waals surface area contributed by atoms with Crippen LogP contribution in [0.15, 0.2) is 0 Å². The molecule has 0 unspecified atom stereocenters. The smallest absolute Gasteiger partial charge is 0.303 e. The van der Waals surface area contributed by atoms with Gasteiger partial charge in [-0.25, -0.2) is 0 Å². The molecule has 20 heteroatoms. The Bertz CT molecular complexity index is 1010. The monoisotopic (exact) mass is 824 g/mol. The number of hydrogen-bond donors (Lipinski definition) is 4. The second-order valence-corrected chi connectivity index (χ2v) is 13.1. The molecule has 0 spiro atoms. The summed E-state index contributed by atoms with van der Waals surface area (Å²) in [5, 5.41) is 34.9. The van der Waals surface area contributed by atoms with Gasteiger partial charge in [0.15, 0.2) is 23.1 Å². The molecule has 0 aromatic rings. The molecule has 4 N–H and O–H groups in total. The molecule has 0 aromatic heterocycles. The lowest BCUT2D eigenvalue weighted by molar-refractivity contribution is -0.138. The summed E-state index contributed by atoms with van der Waals surface area (Å²) in [6.45, 7) is -0.480. The largest absolute Gasteiger partial charge is 0.481 e. The van der Waals surface area contributed by atoms with E-state index in [4.69, 9.17) is 58.3 Å². The Morgan fingerprint density at radius 2 is 0.491 bits per heavy atom. The molecule has 0 heterocycles. The summed E-state index contributed by atoms with van der Waals surface area (Å²) in [6.07, 6.45) is 0.566. The van der Waals surface area contributed by atoms with Crippen molar-refractivity contribution in [2.24, 2.45) is 5.41 Å². The van der Waals surface area contributed by atoms with Crippen LogP contribution in [0, 0.1) is 5.41 Å². The predicted molar refractivity (Wildman–Crippen MR) is 195 cm³/mol. The van der Waals surface area contributed by atoms with E-state index >= 15 is 0 Å². The summed E-state index contributed by atoms with van der Waals surface area (Å²) in [5.41, 5.74) is -0.974. The van der Waals surface area contributed by atoms with Crippen molar-refractivity contribution in [2.75, 3.05) is 106 Å². The molecule has 0 atom stereocenters. The van der Waals surface area contributed by atoms with Gasteiger partial charge >= 0.3 is 23.9 Å².